The molecule has 0 spiro atoms. The molecule has 13 heteroatoms. The van der Waals surface area contributed by atoms with Gasteiger partial charge < -0.3 is 14.8 Å². The monoisotopic (exact) mass is 511 g/mol. The van der Waals surface area contributed by atoms with Crippen molar-refractivity contribution in [2.24, 2.45) is 0 Å². The minimum Gasteiger partial charge on any atom is -0.480 e. The predicted molar refractivity (Wildman–Crippen MR) is 127 cm³/mol. The number of pyridine rings is 1. The average Bonchev–Trinajstić information content (AvgIpc) is 3.30. The lowest BCUT2D eigenvalue weighted by Gasteiger charge is -2.25. The number of nitrogens with one attached hydrogen (secondary N) is 2. The summed E-state index contributed by atoms with van der Waals surface area (Å²) in [6.07, 6.45) is -0.740. The fourth-order valence-corrected chi connectivity index (χ4v) is 3.61. The van der Waals surface area contributed by atoms with Gasteiger partial charge in [-0.2, -0.15) is 23.4 Å². The van der Waals surface area contributed by atoms with Crippen molar-refractivity contribution in [3.63, 3.8) is 0 Å². The number of esters is 1. The number of anilines is 3. The number of alkyl halides is 3. The van der Waals surface area contributed by atoms with Crippen LogP contribution >= 0.6 is 0 Å². The van der Waals surface area contributed by atoms with Gasteiger partial charge in [0.1, 0.15) is 11.6 Å². The Kier molecular flexibility index (Phi) is 6.94. The third-order valence-corrected chi connectivity index (χ3v) is 5.37. The van der Waals surface area contributed by atoms with Crippen molar-refractivity contribution in [3.05, 3.63) is 65.6 Å². The number of ether oxygens (including phenoxy) is 2. The second-order valence-corrected chi connectivity index (χ2v) is 7.81. The topological polar surface area (TPSA) is 125 Å². The number of aromatic nitrogens is 3. The maximum Gasteiger partial charge on any atom is 0.409 e. The van der Waals surface area contributed by atoms with E-state index in [1.165, 1.54) is 44.6 Å². The fraction of sp³-hybridized carbons (Fsp3) is 0.208. The third kappa shape index (κ3) is 5.29. The summed E-state index contributed by atoms with van der Waals surface area (Å²) in [6.45, 7) is 1.50. The highest BCUT2D eigenvalue weighted by Crippen LogP contribution is 2.36. The maximum absolute atomic E-state index is 13.5. The number of allylic oxidation sites excluding steroid dienone is 1. The van der Waals surface area contributed by atoms with E-state index in [2.05, 4.69) is 25.7 Å². The van der Waals surface area contributed by atoms with E-state index in [0.29, 0.717) is 16.8 Å². The van der Waals surface area contributed by atoms with Crippen LogP contribution in [0.25, 0.3) is 11.1 Å². The van der Waals surface area contributed by atoms with Crippen LogP contribution in [0.5, 0.6) is 5.88 Å². The minimum absolute atomic E-state index is 0.0128. The first-order valence-corrected chi connectivity index (χ1v) is 10.7. The lowest BCUT2D eigenvalue weighted by Crippen LogP contribution is -2.45. The molecule has 190 valence electrons. The van der Waals surface area contributed by atoms with Gasteiger partial charge in [-0.05, 0) is 37.3 Å². The van der Waals surface area contributed by atoms with Crippen molar-refractivity contribution in [3.8, 4) is 23.1 Å². The number of hydrogen-bond donors (Lipinski definition) is 2. The van der Waals surface area contributed by atoms with Crippen LogP contribution in [-0.2, 0) is 4.74 Å². The van der Waals surface area contributed by atoms with Crippen LogP contribution in [0.3, 0.4) is 0 Å². The molecule has 37 heavy (non-hydrogen) atoms. The maximum atomic E-state index is 13.5. The zero-order chi connectivity index (χ0) is 26.7. The largest absolute Gasteiger partial charge is 0.480 e. The van der Waals surface area contributed by atoms with E-state index in [9.17, 15) is 18.0 Å². The van der Waals surface area contributed by atoms with Gasteiger partial charge in [-0.25, -0.2) is 20.2 Å². The Morgan fingerprint density at radius 1 is 1.22 bits per heavy atom. The molecule has 1 aliphatic heterocycles. The molecule has 0 bridgehead atoms. The van der Waals surface area contributed by atoms with Gasteiger partial charge in [0, 0.05) is 34.9 Å². The van der Waals surface area contributed by atoms with Crippen molar-refractivity contribution in [2.75, 3.05) is 24.5 Å². The van der Waals surface area contributed by atoms with Crippen LogP contribution in [0, 0.1) is 11.3 Å². The smallest absolute Gasteiger partial charge is 0.409 e. The van der Waals surface area contributed by atoms with Gasteiger partial charge in [0.2, 0.25) is 11.8 Å². The number of benzene rings is 1. The summed E-state index contributed by atoms with van der Waals surface area (Å²) >= 11 is 0. The van der Waals surface area contributed by atoms with Crippen molar-refractivity contribution in [1.82, 2.24) is 20.4 Å². The molecule has 1 atom stereocenters. The zero-order valence-corrected chi connectivity index (χ0v) is 19.8. The highest BCUT2D eigenvalue weighted by molar-refractivity contribution is 5.94. The molecule has 1 unspecified atom stereocenters. The average molecular weight is 511 g/mol. The normalized spacial score (nSPS) is 15.1. The van der Waals surface area contributed by atoms with Gasteiger partial charge in [-0.15, -0.1) is 0 Å². The van der Waals surface area contributed by atoms with E-state index in [1.54, 1.807) is 24.3 Å². The molecule has 4 rings (SSSR count). The molecular formula is C24H20F3N7O3. The molecule has 1 aliphatic rings. The van der Waals surface area contributed by atoms with Crippen LogP contribution in [0.15, 0.2) is 54.5 Å². The molecule has 0 saturated carbocycles. The number of methoxy groups -OCH3 is 2. The summed E-state index contributed by atoms with van der Waals surface area (Å²) < 4.78 is 50.3. The molecule has 0 aliphatic carbocycles. The number of carbonyl (C=O) groups is 1. The summed E-state index contributed by atoms with van der Waals surface area (Å²) in [6, 6.07) is 8.07. The number of hydrazine groups is 1. The predicted octanol–water partition coefficient (Wildman–Crippen LogP) is 4.11. The number of halogens is 3. The zero-order valence-electron chi connectivity index (χ0n) is 19.8. The molecule has 2 aromatic heterocycles. The van der Waals surface area contributed by atoms with Crippen LogP contribution in [-0.4, -0.2) is 47.4 Å². The Bertz CT molecular complexity index is 1420. The second-order valence-electron chi connectivity index (χ2n) is 7.81. The minimum atomic E-state index is -4.54. The molecule has 3 aromatic rings. The number of carbonyl (C=O) groups excluding carboxylic acids is 1. The fourth-order valence-electron chi connectivity index (χ4n) is 3.61. The van der Waals surface area contributed by atoms with Gasteiger partial charge in [-0.3, -0.25) is 5.01 Å². The van der Waals surface area contributed by atoms with Crippen molar-refractivity contribution >= 4 is 23.4 Å². The number of hydrogen-bond acceptors (Lipinski definition) is 10. The summed E-state index contributed by atoms with van der Waals surface area (Å²) in [4.78, 5) is 25.2. The van der Waals surface area contributed by atoms with Crippen LogP contribution < -0.4 is 20.5 Å². The molecular weight excluding hydrogens is 491 g/mol. The molecule has 10 nitrogen and oxygen atoms in total. The van der Waals surface area contributed by atoms with Gasteiger partial charge >= 0.3 is 12.1 Å². The number of nitriles is 1. The quantitative estimate of drug-likeness (QED) is 0.467. The third-order valence-electron chi connectivity index (χ3n) is 5.37. The highest BCUT2D eigenvalue weighted by Gasteiger charge is 2.43. The van der Waals surface area contributed by atoms with E-state index in [-0.39, 0.29) is 34.5 Å². The first kappa shape index (κ1) is 25.4. The standard InChI is InChI=1S/C24H20F3N7O3/c1-13-7-19(24(25,26)27)33-34(13)20-18(15-9-17(22(35)37-3)21(36-2)29-11-15)12-30-23(32-20)31-16-6-4-5-14(8-16)10-28/h4-9,11-12,19,33H,1-3H3,(H,30,31,32). The van der Waals surface area contributed by atoms with Crippen LogP contribution in [0.2, 0.25) is 0 Å². The molecule has 0 saturated heterocycles. The Hall–Kier alpha value is -4.70. The summed E-state index contributed by atoms with van der Waals surface area (Å²) in [5, 5.41) is 13.3. The van der Waals surface area contributed by atoms with E-state index < -0.39 is 18.2 Å². The van der Waals surface area contributed by atoms with Crippen molar-refractivity contribution in [1.29, 1.82) is 5.26 Å². The van der Waals surface area contributed by atoms with E-state index in [0.717, 1.165) is 6.08 Å². The van der Waals surface area contributed by atoms with Crippen molar-refractivity contribution in [2.45, 2.75) is 19.1 Å². The van der Waals surface area contributed by atoms with E-state index in [1.807, 2.05) is 6.07 Å². The Balaban J connectivity index is 1.82. The number of rotatable bonds is 6. The van der Waals surface area contributed by atoms with Gasteiger partial charge in [0.15, 0.2) is 5.82 Å². The lowest BCUT2D eigenvalue weighted by atomic mass is 10.1. The molecule has 2 N–H and O–H groups in total. The van der Waals surface area contributed by atoms with Gasteiger partial charge in [0.25, 0.3) is 0 Å². The Morgan fingerprint density at radius 3 is 2.65 bits per heavy atom. The summed E-state index contributed by atoms with van der Waals surface area (Å²) in [5.74, 6) is -0.566. The highest BCUT2D eigenvalue weighted by atomic mass is 19.4. The first-order valence-electron chi connectivity index (χ1n) is 10.7. The molecule has 0 radical (unpaired) electrons. The Morgan fingerprint density at radius 2 is 2.00 bits per heavy atom. The lowest BCUT2D eigenvalue weighted by molar-refractivity contribution is -0.142. The SMILES string of the molecule is COC(=O)c1cc(-c2cnc(Nc3cccc(C#N)c3)nc2N2NC(C(F)(F)F)C=C2C)cnc1OC. The first-order chi connectivity index (χ1) is 17.6. The van der Waals surface area contributed by atoms with E-state index >= 15 is 0 Å². The molecule has 0 amide bonds. The van der Waals surface area contributed by atoms with Gasteiger partial charge in [-0.1, -0.05) is 6.07 Å². The van der Waals surface area contributed by atoms with Gasteiger partial charge in [0.05, 0.1) is 25.9 Å². The molecule has 1 aromatic carbocycles. The second kappa shape index (κ2) is 10.1. The van der Waals surface area contributed by atoms with Crippen LogP contribution in [0.1, 0.15) is 22.8 Å². The Labute approximate surface area is 209 Å². The molecule has 0 fully saturated rings. The van der Waals surface area contributed by atoms with Crippen LogP contribution in [0.4, 0.5) is 30.6 Å². The van der Waals surface area contributed by atoms with E-state index in [4.69, 9.17) is 14.7 Å². The summed E-state index contributed by atoms with van der Waals surface area (Å²) in [5.41, 5.74) is 4.18. The summed E-state index contributed by atoms with van der Waals surface area (Å²) in [7, 11) is 2.54. The van der Waals surface area contributed by atoms with Crippen molar-refractivity contribution < 1.29 is 27.4 Å². The number of nitrogens with zero attached hydrogens (tertiary/aromatic N) is 5. The molecule has 3 heterocycles.